The largest absolute Gasteiger partial charge is 0.423 e. The molecule has 4 aromatic rings. The van der Waals surface area contributed by atoms with E-state index in [4.69, 9.17) is 4.42 Å². The summed E-state index contributed by atoms with van der Waals surface area (Å²) >= 11 is 1.48. The maximum Gasteiger partial charge on any atom is 0.302 e. The highest BCUT2D eigenvalue weighted by Crippen LogP contribution is 2.30. The fraction of sp³-hybridized carbons (Fsp3) is 0.250. The van der Waals surface area contributed by atoms with Crippen LogP contribution in [0.3, 0.4) is 0 Å². The van der Waals surface area contributed by atoms with Crippen molar-refractivity contribution < 1.29 is 9.21 Å². The summed E-state index contributed by atoms with van der Waals surface area (Å²) in [6, 6.07) is 13.7. The van der Waals surface area contributed by atoms with Crippen LogP contribution >= 0.6 is 11.3 Å². The Balaban J connectivity index is 1.38. The van der Waals surface area contributed by atoms with E-state index in [1.54, 1.807) is 0 Å². The number of nitrogens with zero attached hydrogens (tertiary/aromatic N) is 4. The van der Waals surface area contributed by atoms with E-state index in [2.05, 4.69) is 27.2 Å². The summed E-state index contributed by atoms with van der Waals surface area (Å²) in [4.78, 5) is 25.9. The molecular formula is C20H19N5O2S. The third-order valence-corrected chi connectivity index (χ3v) is 5.87. The predicted molar refractivity (Wildman–Crippen MR) is 110 cm³/mol. The maximum absolute atomic E-state index is 12.8. The number of piperazine rings is 1. The molecule has 2 aromatic heterocycles. The third kappa shape index (κ3) is 3.21. The standard InChI is InChI=1S/C20H19N5O2S/c1-24-8-10-25(11-9-24)18(26)13-6-7-15-17(12-13)28-20(22-15)23-19-21-14-4-2-3-5-16(14)27-19/h2-7,12H,8-11H2,1H3,(H,21,22,23). The van der Waals surface area contributed by atoms with E-state index in [1.165, 1.54) is 11.3 Å². The topological polar surface area (TPSA) is 74.5 Å². The lowest BCUT2D eigenvalue weighted by Gasteiger charge is -2.32. The molecule has 1 amide bonds. The van der Waals surface area contributed by atoms with Crippen LogP contribution in [0.5, 0.6) is 0 Å². The number of likely N-dealkylation sites (N-methyl/N-ethyl adjacent to an activating group) is 1. The van der Waals surface area contributed by atoms with Crippen molar-refractivity contribution in [3.05, 3.63) is 48.0 Å². The highest BCUT2D eigenvalue weighted by molar-refractivity contribution is 7.22. The van der Waals surface area contributed by atoms with Crippen LogP contribution in [0.15, 0.2) is 46.9 Å². The van der Waals surface area contributed by atoms with Crippen molar-refractivity contribution in [3.8, 4) is 0 Å². The molecule has 8 heteroatoms. The molecule has 1 N–H and O–H groups in total. The summed E-state index contributed by atoms with van der Waals surface area (Å²) in [5.74, 6) is 0.0804. The lowest BCUT2D eigenvalue weighted by Crippen LogP contribution is -2.47. The molecule has 28 heavy (non-hydrogen) atoms. The Morgan fingerprint density at radius 1 is 1.07 bits per heavy atom. The molecule has 0 radical (unpaired) electrons. The van der Waals surface area contributed by atoms with Crippen LogP contribution in [0.4, 0.5) is 11.1 Å². The van der Waals surface area contributed by atoms with Crippen LogP contribution in [0, 0.1) is 0 Å². The van der Waals surface area contributed by atoms with Gasteiger partial charge < -0.3 is 14.2 Å². The molecule has 1 fully saturated rings. The van der Waals surface area contributed by atoms with E-state index in [0.29, 0.717) is 16.7 Å². The SMILES string of the molecule is CN1CCN(C(=O)c2ccc3nc(Nc4nc5ccccc5o4)sc3c2)CC1. The molecule has 1 aliphatic heterocycles. The van der Waals surface area contributed by atoms with E-state index in [1.807, 2.05) is 47.4 Å². The first-order valence-electron chi connectivity index (χ1n) is 9.17. The van der Waals surface area contributed by atoms with Crippen LogP contribution in [-0.4, -0.2) is 58.9 Å². The van der Waals surface area contributed by atoms with Crippen LogP contribution in [0.25, 0.3) is 21.3 Å². The first-order valence-corrected chi connectivity index (χ1v) is 9.98. The highest BCUT2D eigenvalue weighted by Gasteiger charge is 2.21. The Morgan fingerprint density at radius 2 is 1.89 bits per heavy atom. The number of nitrogens with one attached hydrogen (secondary N) is 1. The predicted octanol–water partition coefficient (Wildman–Crippen LogP) is 3.57. The van der Waals surface area contributed by atoms with Gasteiger partial charge in [0.25, 0.3) is 5.91 Å². The van der Waals surface area contributed by atoms with Gasteiger partial charge in [0.15, 0.2) is 10.7 Å². The number of rotatable bonds is 3. The lowest BCUT2D eigenvalue weighted by atomic mass is 10.1. The molecule has 2 aromatic carbocycles. The minimum absolute atomic E-state index is 0.0804. The lowest BCUT2D eigenvalue weighted by molar-refractivity contribution is 0.0664. The van der Waals surface area contributed by atoms with Crippen LogP contribution < -0.4 is 5.32 Å². The van der Waals surface area contributed by atoms with Gasteiger partial charge in [0.2, 0.25) is 0 Å². The highest BCUT2D eigenvalue weighted by atomic mass is 32.1. The number of amides is 1. The number of carbonyl (C=O) groups is 1. The van der Waals surface area contributed by atoms with Gasteiger partial charge in [-0.3, -0.25) is 10.1 Å². The monoisotopic (exact) mass is 393 g/mol. The number of carbonyl (C=O) groups excluding carboxylic acids is 1. The molecule has 0 unspecified atom stereocenters. The summed E-state index contributed by atoms with van der Waals surface area (Å²) in [7, 11) is 2.08. The average Bonchev–Trinajstić information content (AvgIpc) is 3.30. The summed E-state index contributed by atoms with van der Waals surface area (Å²) in [5, 5.41) is 3.81. The second-order valence-electron chi connectivity index (χ2n) is 6.91. The second-order valence-corrected chi connectivity index (χ2v) is 7.94. The van der Waals surface area contributed by atoms with Gasteiger partial charge in [0, 0.05) is 31.7 Å². The van der Waals surface area contributed by atoms with Gasteiger partial charge in [-0.15, -0.1) is 0 Å². The van der Waals surface area contributed by atoms with Crippen LogP contribution in [-0.2, 0) is 0 Å². The number of para-hydroxylation sites is 2. The van der Waals surface area contributed by atoms with E-state index in [0.717, 1.165) is 47.5 Å². The van der Waals surface area contributed by atoms with Gasteiger partial charge in [-0.2, -0.15) is 4.98 Å². The summed E-state index contributed by atoms with van der Waals surface area (Å²) in [6.07, 6.45) is 0. The maximum atomic E-state index is 12.8. The van der Waals surface area contributed by atoms with Gasteiger partial charge in [0.05, 0.1) is 10.2 Å². The first-order chi connectivity index (χ1) is 13.7. The van der Waals surface area contributed by atoms with Gasteiger partial charge >= 0.3 is 6.01 Å². The summed E-state index contributed by atoms with van der Waals surface area (Å²) in [5.41, 5.74) is 3.07. The molecule has 0 bridgehead atoms. The number of oxazole rings is 1. The zero-order valence-electron chi connectivity index (χ0n) is 15.4. The van der Waals surface area contributed by atoms with Gasteiger partial charge in [-0.05, 0) is 37.4 Å². The summed E-state index contributed by atoms with van der Waals surface area (Å²) in [6.45, 7) is 3.35. The Labute approximate surface area is 165 Å². The van der Waals surface area contributed by atoms with Crippen molar-refractivity contribution in [1.82, 2.24) is 19.8 Å². The van der Waals surface area contributed by atoms with E-state index in [-0.39, 0.29) is 5.91 Å². The van der Waals surface area contributed by atoms with E-state index in [9.17, 15) is 4.79 Å². The second kappa shape index (κ2) is 6.88. The number of benzene rings is 2. The minimum atomic E-state index is 0.0804. The van der Waals surface area contributed by atoms with Crippen molar-refractivity contribution in [1.29, 1.82) is 0 Å². The van der Waals surface area contributed by atoms with Crippen LogP contribution in [0.1, 0.15) is 10.4 Å². The molecule has 7 nitrogen and oxygen atoms in total. The normalized spacial score (nSPS) is 15.4. The third-order valence-electron chi connectivity index (χ3n) is 4.93. The van der Waals surface area contributed by atoms with Crippen molar-refractivity contribution in [3.63, 3.8) is 0 Å². The first kappa shape index (κ1) is 17.2. The molecule has 0 aliphatic carbocycles. The molecule has 0 saturated carbocycles. The van der Waals surface area contributed by atoms with Crippen molar-refractivity contribution in [2.75, 3.05) is 38.5 Å². The van der Waals surface area contributed by atoms with Gasteiger partial charge in [-0.25, -0.2) is 4.98 Å². The minimum Gasteiger partial charge on any atom is -0.423 e. The fourth-order valence-corrected chi connectivity index (χ4v) is 4.22. The molecule has 0 atom stereocenters. The van der Waals surface area contributed by atoms with Gasteiger partial charge in [-0.1, -0.05) is 23.5 Å². The number of anilines is 2. The molecule has 0 spiro atoms. The number of hydrogen-bond donors (Lipinski definition) is 1. The molecule has 3 heterocycles. The van der Waals surface area contributed by atoms with Crippen LogP contribution in [0.2, 0.25) is 0 Å². The number of hydrogen-bond acceptors (Lipinski definition) is 7. The Kier molecular flexibility index (Phi) is 4.22. The quantitative estimate of drug-likeness (QED) is 0.574. The molecule has 142 valence electrons. The Hall–Kier alpha value is -2.97. The van der Waals surface area contributed by atoms with E-state index >= 15 is 0 Å². The Bertz CT molecular complexity index is 1130. The number of aromatic nitrogens is 2. The average molecular weight is 393 g/mol. The molecular weight excluding hydrogens is 374 g/mol. The smallest absolute Gasteiger partial charge is 0.302 e. The van der Waals surface area contributed by atoms with Crippen molar-refractivity contribution >= 4 is 49.7 Å². The zero-order chi connectivity index (χ0) is 19.1. The van der Waals surface area contributed by atoms with Crippen molar-refractivity contribution in [2.24, 2.45) is 0 Å². The fourth-order valence-electron chi connectivity index (χ4n) is 3.32. The zero-order valence-corrected chi connectivity index (χ0v) is 16.2. The van der Waals surface area contributed by atoms with Gasteiger partial charge in [0.1, 0.15) is 5.52 Å². The van der Waals surface area contributed by atoms with Crippen molar-refractivity contribution in [2.45, 2.75) is 0 Å². The Morgan fingerprint density at radius 3 is 2.71 bits per heavy atom. The molecule has 1 saturated heterocycles. The van der Waals surface area contributed by atoms with E-state index < -0.39 is 0 Å². The summed E-state index contributed by atoms with van der Waals surface area (Å²) < 4.78 is 6.65. The number of fused-ring (bicyclic) bond motifs is 2. The molecule has 5 rings (SSSR count). The number of thiazole rings is 1. The molecule has 1 aliphatic rings.